The van der Waals surface area contributed by atoms with Crippen LogP contribution in [0.1, 0.15) is 142 Å². The van der Waals surface area contributed by atoms with E-state index >= 15 is 0 Å². The van der Waals surface area contributed by atoms with E-state index in [2.05, 4.69) is 6.92 Å². The first-order valence-electron chi connectivity index (χ1n) is 12.6. The Balaban J connectivity index is 0. The van der Waals surface area contributed by atoms with E-state index in [-0.39, 0.29) is 63.2 Å². The zero-order chi connectivity index (χ0) is 21.6. The van der Waals surface area contributed by atoms with Crippen molar-refractivity contribution >= 4 is 10.1 Å². The first kappa shape index (κ1) is 33.7. The number of hydrogen-bond donors (Lipinski definition) is 1. The Hall–Kier alpha value is 1.51. The smallest absolute Gasteiger partial charge is 0.748 e. The summed E-state index contributed by atoms with van der Waals surface area (Å²) in [5.41, 5.74) is 0. The summed E-state index contributed by atoms with van der Waals surface area (Å²) in [6.45, 7) is 2.27. The molecule has 0 saturated heterocycles. The van der Waals surface area contributed by atoms with Crippen LogP contribution in [0.25, 0.3) is 0 Å². The van der Waals surface area contributed by atoms with Crippen molar-refractivity contribution in [3.63, 3.8) is 0 Å². The van der Waals surface area contributed by atoms with Gasteiger partial charge in [0, 0.05) is 5.75 Å². The summed E-state index contributed by atoms with van der Waals surface area (Å²) in [7, 11) is -4.10. The minimum atomic E-state index is -4.10. The molecule has 1 atom stereocenters. The number of aliphatic hydroxyl groups excluding tert-OH is 1. The SMILES string of the molecule is CCCCCCCCCCCCCCCCCCCC(O)CCCCS(=O)(=O)[O-].[K+]. The van der Waals surface area contributed by atoms with Crippen molar-refractivity contribution in [3.8, 4) is 0 Å². The maximum atomic E-state index is 10.5. The fourth-order valence-corrected chi connectivity index (χ4v) is 4.47. The molecule has 6 heteroatoms. The minimum Gasteiger partial charge on any atom is -0.748 e. The zero-order valence-corrected chi connectivity index (χ0v) is 24.2. The van der Waals surface area contributed by atoms with E-state index in [0.717, 1.165) is 12.8 Å². The van der Waals surface area contributed by atoms with Crippen LogP contribution in [0.15, 0.2) is 0 Å². The van der Waals surface area contributed by atoms with Gasteiger partial charge in [0.25, 0.3) is 0 Å². The van der Waals surface area contributed by atoms with Gasteiger partial charge >= 0.3 is 51.4 Å². The topological polar surface area (TPSA) is 77.4 Å². The van der Waals surface area contributed by atoms with Gasteiger partial charge in [-0.25, -0.2) is 8.42 Å². The van der Waals surface area contributed by atoms with Crippen LogP contribution in [0.4, 0.5) is 0 Å². The average Bonchev–Trinajstić information content (AvgIpc) is 2.67. The van der Waals surface area contributed by atoms with Gasteiger partial charge in [0.2, 0.25) is 0 Å². The largest absolute Gasteiger partial charge is 1.00 e. The van der Waals surface area contributed by atoms with Crippen LogP contribution in [-0.4, -0.2) is 29.9 Å². The normalized spacial score (nSPS) is 12.6. The van der Waals surface area contributed by atoms with E-state index < -0.39 is 10.1 Å². The van der Waals surface area contributed by atoms with Gasteiger partial charge in [0.15, 0.2) is 0 Å². The summed E-state index contributed by atoms with van der Waals surface area (Å²) in [4.78, 5) is 0. The number of hydrogen-bond acceptors (Lipinski definition) is 4. The molecule has 0 bridgehead atoms. The minimum absolute atomic E-state index is 0. The molecule has 176 valence electrons. The zero-order valence-electron chi connectivity index (χ0n) is 20.2. The average molecular weight is 473 g/mol. The van der Waals surface area contributed by atoms with Crippen molar-refractivity contribution < 1.29 is 69.5 Å². The first-order chi connectivity index (χ1) is 14.0. The van der Waals surface area contributed by atoms with Gasteiger partial charge in [0.1, 0.15) is 0 Å². The van der Waals surface area contributed by atoms with E-state index in [1.54, 1.807) is 0 Å². The van der Waals surface area contributed by atoms with Crippen LogP contribution in [0, 0.1) is 0 Å². The number of aliphatic hydroxyl groups is 1. The van der Waals surface area contributed by atoms with Gasteiger partial charge in [0.05, 0.1) is 16.2 Å². The molecule has 0 heterocycles. The Bertz CT molecular complexity index is 429. The summed E-state index contributed by atoms with van der Waals surface area (Å²) in [5.74, 6) is -0.307. The molecular formula is C24H49KO4S. The molecular weight excluding hydrogens is 423 g/mol. The number of unbranched alkanes of at least 4 members (excludes halogenated alkanes) is 17. The van der Waals surface area contributed by atoms with Crippen molar-refractivity contribution in [2.24, 2.45) is 0 Å². The first-order valence-corrected chi connectivity index (χ1v) is 14.1. The van der Waals surface area contributed by atoms with Crippen molar-refractivity contribution in [3.05, 3.63) is 0 Å². The van der Waals surface area contributed by atoms with Gasteiger partial charge in [-0.1, -0.05) is 116 Å². The van der Waals surface area contributed by atoms with E-state index in [1.165, 1.54) is 103 Å². The van der Waals surface area contributed by atoms with Gasteiger partial charge in [-0.3, -0.25) is 0 Å². The molecule has 0 saturated carbocycles. The molecule has 0 aromatic heterocycles. The molecule has 0 rings (SSSR count). The predicted molar refractivity (Wildman–Crippen MR) is 123 cm³/mol. The van der Waals surface area contributed by atoms with Crippen LogP contribution >= 0.6 is 0 Å². The molecule has 0 fully saturated rings. The molecule has 0 aliphatic carbocycles. The second kappa shape index (κ2) is 25.1. The fourth-order valence-electron chi connectivity index (χ4n) is 3.91. The monoisotopic (exact) mass is 472 g/mol. The summed E-state index contributed by atoms with van der Waals surface area (Å²) in [6, 6.07) is 0. The molecule has 0 radical (unpaired) electrons. The molecule has 1 unspecified atom stereocenters. The van der Waals surface area contributed by atoms with Crippen molar-refractivity contribution in [2.45, 2.75) is 148 Å². The van der Waals surface area contributed by atoms with Gasteiger partial charge in [-0.15, -0.1) is 0 Å². The maximum absolute atomic E-state index is 10.5. The van der Waals surface area contributed by atoms with E-state index in [9.17, 15) is 18.1 Å². The van der Waals surface area contributed by atoms with Crippen LogP contribution < -0.4 is 51.4 Å². The van der Waals surface area contributed by atoms with E-state index in [0.29, 0.717) is 19.3 Å². The molecule has 0 amide bonds. The Morgan fingerprint density at radius 3 is 1.23 bits per heavy atom. The van der Waals surface area contributed by atoms with Crippen LogP contribution in [0.3, 0.4) is 0 Å². The summed E-state index contributed by atoms with van der Waals surface area (Å²) >= 11 is 0. The Morgan fingerprint density at radius 1 is 0.600 bits per heavy atom. The molecule has 0 aliphatic heterocycles. The van der Waals surface area contributed by atoms with E-state index in [4.69, 9.17) is 0 Å². The maximum Gasteiger partial charge on any atom is 1.00 e. The third-order valence-electron chi connectivity index (χ3n) is 5.82. The number of rotatable bonds is 23. The summed E-state index contributed by atoms with van der Waals surface area (Å²) in [5, 5.41) is 9.88. The Labute approximate surface area is 230 Å². The second-order valence-corrected chi connectivity index (χ2v) is 10.4. The van der Waals surface area contributed by atoms with Crippen LogP contribution in [0.2, 0.25) is 0 Å². The molecule has 0 aliphatic rings. The van der Waals surface area contributed by atoms with E-state index in [1.807, 2.05) is 0 Å². The molecule has 4 nitrogen and oxygen atoms in total. The van der Waals surface area contributed by atoms with Gasteiger partial charge in [-0.2, -0.15) is 0 Å². The van der Waals surface area contributed by atoms with Crippen molar-refractivity contribution in [1.29, 1.82) is 0 Å². The third kappa shape index (κ3) is 29.5. The molecule has 0 aromatic carbocycles. The fraction of sp³-hybridized carbons (Fsp3) is 1.00. The van der Waals surface area contributed by atoms with Gasteiger partial charge in [-0.05, 0) is 25.7 Å². The summed E-state index contributed by atoms with van der Waals surface area (Å²) < 4.78 is 31.5. The van der Waals surface area contributed by atoms with Crippen molar-refractivity contribution in [2.75, 3.05) is 5.75 Å². The molecule has 30 heavy (non-hydrogen) atoms. The van der Waals surface area contributed by atoms with Crippen LogP contribution in [0.5, 0.6) is 0 Å². The van der Waals surface area contributed by atoms with Crippen molar-refractivity contribution in [1.82, 2.24) is 0 Å². The standard InChI is InChI=1S/C24H50O4S.K/c1-2-3-4-5-6-7-8-9-10-11-12-13-14-15-16-17-18-21-24(25)22-19-20-23-29(26,27)28;/h24-25H,2-23H2,1H3,(H,26,27,28);/q;+1/p-1. The molecule has 0 spiro atoms. The van der Waals surface area contributed by atoms with Gasteiger partial charge < -0.3 is 9.66 Å². The summed E-state index contributed by atoms with van der Waals surface area (Å²) in [6.07, 6.45) is 25.0. The Kier molecular flexibility index (Phi) is 28.2. The predicted octanol–water partition coefficient (Wildman–Crippen LogP) is 4.11. The van der Waals surface area contributed by atoms with Crippen LogP contribution in [-0.2, 0) is 10.1 Å². The molecule has 1 N–H and O–H groups in total. The molecule has 0 aromatic rings. The Morgan fingerprint density at radius 2 is 0.900 bits per heavy atom. The third-order valence-corrected chi connectivity index (χ3v) is 6.61. The second-order valence-electron chi connectivity index (χ2n) is 8.86. The quantitative estimate of drug-likeness (QED) is 0.138.